The van der Waals surface area contributed by atoms with Crippen LogP contribution < -0.4 is 0 Å². The Balaban J connectivity index is 1.36. The van der Waals surface area contributed by atoms with Crippen molar-refractivity contribution in [1.82, 2.24) is 0 Å². The zero-order valence-corrected chi connectivity index (χ0v) is 26.4. The molecule has 5 heteroatoms. The van der Waals surface area contributed by atoms with E-state index in [0.29, 0.717) is 12.5 Å². The van der Waals surface area contributed by atoms with Crippen molar-refractivity contribution in [2.45, 2.75) is 98.7 Å². The van der Waals surface area contributed by atoms with E-state index in [1.807, 2.05) is 36.4 Å². The maximum atomic E-state index is 13.7. The molecule has 0 bridgehead atoms. The van der Waals surface area contributed by atoms with Crippen molar-refractivity contribution in [3.8, 4) is 0 Å². The molecule has 0 amide bonds. The maximum absolute atomic E-state index is 13.7. The summed E-state index contributed by atoms with van der Waals surface area (Å²) in [7, 11) is 1.52. The third kappa shape index (κ3) is 3.81. The average Bonchev–Trinajstić information content (AvgIpc) is 2.98. The number of fused-ring (bicyclic) bond motifs is 7. The number of carbonyl (C=O) groups excluding carboxylic acids is 3. The van der Waals surface area contributed by atoms with E-state index in [2.05, 4.69) is 40.7 Å². The molecule has 5 aliphatic rings. The number of esters is 1. The molecule has 5 nitrogen and oxygen atoms in total. The van der Waals surface area contributed by atoms with Gasteiger partial charge in [-0.15, -0.1) is 0 Å². The van der Waals surface area contributed by atoms with Crippen LogP contribution in [0.4, 0.5) is 0 Å². The standard InChI is InChI=1S/C37H46O5/c1-32-15-16-33(2,31(40)42-23-24-11-9-8-10-12-24)22-29(32)36(5)20-18-34(3)26-21-27(38)30(39)37(6,41-7)25(26)13-14-28(34)35(36,4)19-17-32/h8-14,21,29H,15-20,22-23H2,1-7H3/t29-,32-,33-,34+,35-,36+,37+/m1/s1. The van der Waals surface area contributed by atoms with Crippen molar-refractivity contribution in [3.63, 3.8) is 0 Å². The number of rotatable bonds is 4. The Morgan fingerprint density at radius 2 is 1.55 bits per heavy atom. The maximum Gasteiger partial charge on any atom is 0.312 e. The lowest BCUT2D eigenvalue weighted by atomic mass is 9.34. The molecule has 7 atom stereocenters. The summed E-state index contributed by atoms with van der Waals surface area (Å²) < 4.78 is 11.7. The average molecular weight is 571 g/mol. The van der Waals surface area contributed by atoms with Crippen LogP contribution in [0.1, 0.15) is 92.1 Å². The number of hydrogen-bond acceptors (Lipinski definition) is 5. The van der Waals surface area contributed by atoms with E-state index in [4.69, 9.17) is 9.47 Å². The van der Waals surface area contributed by atoms with E-state index in [1.165, 1.54) is 12.7 Å². The van der Waals surface area contributed by atoms with Crippen LogP contribution in [0.5, 0.6) is 0 Å². The molecule has 0 heterocycles. The molecule has 224 valence electrons. The van der Waals surface area contributed by atoms with Crippen molar-refractivity contribution >= 4 is 17.5 Å². The normalized spacial score (nSPS) is 42.6. The van der Waals surface area contributed by atoms with Gasteiger partial charge >= 0.3 is 5.97 Å². The van der Waals surface area contributed by atoms with Crippen molar-refractivity contribution in [2.75, 3.05) is 7.11 Å². The fourth-order valence-electron chi connectivity index (χ4n) is 9.87. The van der Waals surface area contributed by atoms with Gasteiger partial charge in [-0.2, -0.15) is 0 Å². The molecular formula is C37H46O5. The van der Waals surface area contributed by atoms with E-state index in [1.54, 1.807) is 13.0 Å². The molecule has 0 saturated heterocycles. The predicted molar refractivity (Wildman–Crippen MR) is 162 cm³/mol. The van der Waals surface area contributed by atoms with Gasteiger partial charge < -0.3 is 9.47 Å². The lowest BCUT2D eigenvalue weighted by Gasteiger charge is -2.70. The Morgan fingerprint density at radius 3 is 2.24 bits per heavy atom. The Hall–Kier alpha value is -2.79. The van der Waals surface area contributed by atoms with Crippen molar-refractivity contribution in [3.05, 3.63) is 70.8 Å². The molecule has 0 aromatic heterocycles. The SMILES string of the molecule is CO[C@]1(C)C(=O)C(=O)C=C2C1=CC=C1[C@@]2(C)CC[C@@]2(C)[C@@H]3C[C@](C)(C(=O)OCc4ccccc4)CC[C@]3(C)CC[C@]12C. The number of benzene rings is 1. The van der Waals surface area contributed by atoms with Crippen LogP contribution in [0.3, 0.4) is 0 Å². The monoisotopic (exact) mass is 570 g/mol. The second-order valence-corrected chi connectivity index (χ2v) is 15.3. The summed E-state index contributed by atoms with van der Waals surface area (Å²) in [4.78, 5) is 39.6. The highest BCUT2D eigenvalue weighted by Crippen LogP contribution is 2.75. The molecule has 42 heavy (non-hydrogen) atoms. The zero-order valence-electron chi connectivity index (χ0n) is 26.4. The molecule has 5 aliphatic carbocycles. The third-order valence-electron chi connectivity index (χ3n) is 13.2. The van der Waals surface area contributed by atoms with Gasteiger partial charge in [0.1, 0.15) is 6.61 Å². The molecular weight excluding hydrogens is 524 g/mol. The van der Waals surface area contributed by atoms with Crippen molar-refractivity contribution in [2.24, 2.45) is 33.0 Å². The highest BCUT2D eigenvalue weighted by molar-refractivity contribution is 6.46. The number of methoxy groups -OCH3 is 1. The number of ketones is 2. The van der Waals surface area contributed by atoms with Crippen molar-refractivity contribution in [1.29, 1.82) is 0 Å². The minimum absolute atomic E-state index is 0.0301. The Morgan fingerprint density at radius 1 is 0.857 bits per heavy atom. The first-order chi connectivity index (χ1) is 19.7. The van der Waals surface area contributed by atoms with Gasteiger partial charge in [0.15, 0.2) is 5.60 Å². The number of hydrogen-bond donors (Lipinski definition) is 0. The number of allylic oxidation sites excluding steroid dienone is 4. The number of Topliss-reactive ketones (excluding diaryl/α,β-unsaturated/α-hetero) is 1. The minimum Gasteiger partial charge on any atom is -0.460 e. The smallest absolute Gasteiger partial charge is 0.312 e. The van der Waals surface area contributed by atoms with Gasteiger partial charge in [0.25, 0.3) is 0 Å². The molecule has 0 spiro atoms. The van der Waals surface area contributed by atoms with E-state index in [9.17, 15) is 14.4 Å². The summed E-state index contributed by atoms with van der Waals surface area (Å²) in [5, 5.41) is 0. The second kappa shape index (κ2) is 9.35. The molecule has 0 aliphatic heterocycles. The lowest BCUT2D eigenvalue weighted by molar-refractivity contribution is -0.183. The summed E-state index contributed by atoms with van der Waals surface area (Å²) in [5.74, 6) is -0.693. The first-order valence-corrected chi connectivity index (χ1v) is 15.7. The molecule has 1 aromatic rings. The molecule has 0 unspecified atom stereocenters. The third-order valence-corrected chi connectivity index (χ3v) is 13.2. The van der Waals surface area contributed by atoms with Gasteiger partial charge in [-0.25, -0.2) is 0 Å². The molecule has 3 saturated carbocycles. The largest absolute Gasteiger partial charge is 0.460 e. The molecule has 1 aromatic carbocycles. The van der Waals surface area contributed by atoms with Crippen molar-refractivity contribution < 1.29 is 23.9 Å². The van der Waals surface area contributed by atoms with Crippen LogP contribution in [-0.4, -0.2) is 30.2 Å². The van der Waals surface area contributed by atoms with E-state index in [-0.39, 0.29) is 27.6 Å². The second-order valence-electron chi connectivity index (χ2n) is 15.3. The van der Waals surface area contributed by atoms with Crippen LogP contribution >= 0.6 is 0 Å². The van der Waals surface area contributed by atoms with Gasteiger partial charge in [0.05, 0.1) is 5.41 Å². The van der Waals surface area contributed by atoms with Crippen LogP contribution in [0, 0.1) is 33.0 Å². The zero-order chi connectivity index (χ0) is 30.3. The Kier molecular flexibility index (Phi) is 6.52. The lowest BCUT2D eigenvalue weighted by Crippen LogP contribution is -2.62. The number of ether oxygens (including phenoxy) is 2. The van der Waals surface area contributed by atoms with Gasteiger partial charge in [-0.3, -0.25) is 14.4 Å². The molecule has 6 rings (SSSR count). The Bertz CT molecular complexity index is 1450. The fourth-order valence-corrected chi connectivity index (χ4v) is 9.87. The summed E-state index contributed by atoms with van der Waals surface area (Å²) in [5.41, 5.74) is 2.03. The van der Waals surface area contributed by atoms with Crippen LogP contribution in [0.2, 0.25) is 0 Å². The highest BCUT2D eigenvalue weighted by Gasteiger charge is 2.68. The van der Waals surface area contributed by atoms with Crippen LogP contribution in [-0.2, 0) is 30.5 Å². The summed E-state index contributed by atoms with van der Waals surface area (Å²) in [6, 6.07) is 9.92. The van der Waals surface area contributed by atoms with Crippen LogP contribution in [0.15, 0.2) is 65.3 Å². The predicted octanol–water partition coefficient (Wildman–Crippen LogP) is 7.50. The minimum atomic E-state index is -1.26. The van der Waals surface area contributed by atoms with Gasteiger partial charge in [0, 0.05) is 12.5 Å². The van der Waals surface area contributed by atoms with E-state index >= 15 is 0 Å². The highest BCUT2D eigenvalue weighted by atomic mass is 16.5. The summed E-state index contributed by atoms with van der Waals surface area (Å²) in [6.45, 7) is 13.8. The topological polar surface area (TPSA) is 69.7 Å². The van der Waals surface area contributed by atoms with Gasteiger partial charge in [-0.05, 0) is 104 Å². The van der Waals surface area contributed by atoms with Gasteiger partial charge in [0.2, 0.25) is 11.6 Å². The first-order valence-electron chi connectivity index (χ1n) is 15.7. The van der Waals surface area contributed by atoms with Crippen LogP contribution in [0.25, 0.3) is 0 Å². The quantitative estimate of drug-likeness (QED) is 0.277. The fraction of sp³-hybridized carbons (Fsp3) is 0.595. The molecule has 0 radical (unpaired) electrons. The van der Waals surface area contributed by atoms with Gasteiger partial charge in [-0.1, -0.05) is 75.8 Å². The summed E-state index contributed by atoms with van der Waals surface area (Å²) in [6.07, 6.45) is 12.7. The molecule has 3 fully saturated rings. The number of carbonyl (C=O) groups is 3. The first kappa shape index (κ1) is 29.3. The summed E-state index contributed by atoms with van der Waals surface area (Å²) >= 11 is 0. The Labute approximate surface area is 250 Å². The van der Waals surface area contributed by atoms with E-state index in [0.717, 1.165) is 61.7 Å². The van der Waals surface area contributed by atoms with E-state index < -0.39 is 22.6 Å². The molecule has 0 N–H and O–H groups in total.